The van der Waals surface area contributed by atoms with E-state index >= 15 is 0 Å². The third-order valence-electron chi connectivity index (χ3n) is 5.70. The Balaban J connectivity index is 1.44. The van der Waals surface area contributed by atoms with Gasteiger partial charge in [-0.15, -0.1) is 0 Å². The summed E-state index contributed by atoms with van der Waals surface area (Å²) in [7, 11) is 2.16. The molecule has 1 fully saturated rings. The highest BCUT2D eigenvalue weighted by Crippen LogP contribution is 2.33. The van der Waals surface area contributed by atoms with Crippen LogP contribution in [0.1, 0.15) is 22.3 Å². The van der Waals surface area contributed by atoms with Gasteiger partial charge in [-0.2, -0.15) is 0 Å². The first-order valence-electron chi connectivity index (χ1n) is 10.4. The number of ether oxygens (including phenoxy) is 2. The standard InChI is InChI=1S/C23H28ClN3O3/c1-25-11-13-26(14-12-25)9-4-10-27(23(28)19-5-2-3-6-20(19)24)16-18-7-8-21-22(15-18)30-17-29-21/h2-3,5-8,15H,4,9-14,16-17H2,1H3. The molecule has 0 aromatic heterocycles. The summed E-state index contributed by atoms with van der Waals surface area (Å²) in [6.07, 6.45) is 0.921. The molecule has 2 heterocycles. The van der Waals surface area contributed by atoms with E-state index in [-0.39, 0.29) is 12.7 Å². The van der Waals surface area contributed by atoms with Gasteiger partial charge in [0.2, 0.25) is 6.79 Å². The van der Waals surface area contributed by atoms with Gasteiger partial charge in [0.25, 0.3) is 5.91 Å². The molecule has 0 unspecified atom stereocenters. The van der Waals surface area contributed by atoms with E-state index in [9.17, 15) is 4.79 Å². The van der Waals surface area contributed by atoms with Crippen LogP contribution in [0.4, 0.5) is 0 Å². The van der Waals surface area contributed by atoms with Crippen LogP contribution in [-0.2, 0) is 6.54 Å². The number of piperazine rings is 1. The highest BCUT2D eigenvalue weighted by atomic mass is 35.5. The van der Waals surface area contributed by atoms with Gasteiger partial charge in [-0.05, 0) is 49.8 Å². The smallest absolute Gasteiger partial charge is 0.255 e. The normalized spacial score (nSPS) is 16.6. The third kappa shape index (κ3) is 5.06. The van der Waals surface area contributed by atoms with Crippen LogP contribution in [0.15, 0.2) is 42.5 Å². The molecule has 2 aliphatic rings. The Labute approximate surface area is 182 Å². The van der Waals surface area contributed by atoms with E-state index in [1.807, 2.05) is 35.2 Å². The van der Waals surface area contributed by atoms with Crippen molar-refractivity contribution in [1.82, 2.24) is 14.7 Å². The van der Waals surface area contributed by atoms with Gasteiger partial charge in [-0.3, -0.25) is 4.79 Å². The monoisotopic (exact) mass is 429 g/mol. The summed E-state index contributed by atoms with van der Waals surface area (Å²) >= 11 is 6.32. The third-order valence-corrected chi connectivity index (χ3v) is 6.03. The minimum absolute atomic E-state index is 0.0448. The summed E-state index contributed by atoms with van der Waals surface area (Å²) in [5, 5.41) is 0.484. The van der Waals surface area contributed by atoms with Crippen molar-refractivity contribution >= 4 is 17.5 Å². The van der Waals surface area contributed by atoms with E-state index in [1.165, 1.54) is 0 Å². The average Bonchev–Trinajstić information content (AvgIpc) is 3.22. The Morgan fingerprint density at radius 3 is 2.63 bits per heavy atom. The van der Waals surface area contributed by atoms with E-state index < -0.39 is 0 Å². The Morgan fingerprint density at radius 2 is 1.83 bits per heavy atom. The first-order chi connectivity index (χ1) is 14.6. The summed E-state index contributed by atoms with van der Waals surface area (Å²) in [4.78, 5) is 20.0. The number of hydrogen-bond donors (Lipinski definition) is 0. The lowest BCUT2D eigenvalue weighted by Gasteiger charge is -2.33. The summed E-state index contributed by atoms with van der Waals surface area (Å²) in [5.41, 5.74) is 1.55. The first-order valence-corrected chi connectivity index (χ1v) is 10.8. The number of likely N-dealkylation sites (N-methyl/N-ethyl adjacent to an activating group) is 1. The molecular weight excluding hydrogens is 402 g/mol. The molecule has 6 nitrogen and oxygen atoms in total. The van der Waals surface area contributed by atoms with Crippen molar-refractivity contribution in [3.05, 3.63) is 58.6 Å². The largest absolute Gasteiger partial charge is 0.454 e. The van der Waals surface area contributed by atoms with Crippen molar-refractivity contribution in [2.24, 2.45) is 0 Å². The van der Waals surface area contributed by atoms with Crippen LogP contribution in [0.2, 0.25) is 5.02 Å². The number of nitrogens with zero attached hydrogens (tertiary/aromatic N) is 3. The molecule has 0 spiro atoms. The molecule has 4 rings (SSSR count). The van der Waals surface area contributed by atoms with Crippen LogP contribution >= 0.6 is 11.6 Å². The topological polar surface area (TPSA) is 45.2 Å². The Kier molecular flexibility index (Phi) is 6.77. The van der Waals surface area contributed by atoms with E-state index in [1.54, 1.807) is 12.1 Å². The number of carbonyl (C=O) groups excluding carboxylic acids is 1. The molecule has 1 amide bonds. The number of benzene rings is 2. The van der Waals surface area contributed by atoms with Crippen molar-refractivity contribution in [3.63, 3.8) is 0 Å². The number of halogens is 1. The Hall–Kier alpha value is -2.28. The predicted octanol–water partition coefficient (Wildman–Crippen LogP) is 3.35. The summed E-state index contributed by atoms with van der Waals surface area (Å²) in [6, 6.07) is 13.1. The van der Waals surface area contributed by atoms with Crippen LogP contribution < -0.4 is 9.47 Å². The molecule has 7 heteroatoms. The minimum atomic E-state index is -0.0448. The van der Waals surface area contributed by atoms with Crippen molar-refractivity contribution in [2.45, 2.75) is 13.0 Å². The molecule has 2 aliphatic heterocycles. The van der Waals surface area contributed by atoms with E-state index in [0.29, 0.717) is 23.7 Å². The lowest BCUT2D eigenvalue weighted by molar-refractivity contribution is 0.0728. The van der Waals surface area contributed by atoms with Gasteiger partial charge in [0.1, 0.15) is 0 Å². The van der Waals surface area contributed by atoms with Crippen molar-refractivity contribution < 1.29 is 14.3 Å². The van der Waals surface area contributed by atoms with Gasteiger partial charge in [-0.25, -0.2) is 0 Å². The number of carbonyl (C=O) groups is 1. The molecule has 1 saturated heterocycles. The molecule has 0 saturated carbocycles. The Morgan fingerprint density at radius 1 is 1.07 bits per heavy atom. The van der Waals surface area contributed by atoms with Crippen LogP contribution in [0, 0.1) is 0 Å². The van der Waals surface area contributed by atoms with Crippen molar-refractivity contribution in [1.29, 1.82) is 0 Å². The lowest BCUT2D eigenvalue weighted by Crippen LogP contribution is -2.45. The highest BCUT2D eigenvalue weighted by molar-refractivity contribution is 6.33. The van der Waals surface area contributed by atoms with E-state index in [2.05, 4.69) is 16.8 Å². The fraction of sp³-hybridized carbons (Fsp3) is 0.435. The zero-order valence-corrected chi connectivity index (χ0v) is 18.1. The second kappa shape index (κ2) is 9.69. The minimum Gasteiger partial charge on any atom is -0.454 e. The maximum atomic E-state index is 13.3. The Bertz CT molecular complexity index is 884. The molecular formula is C23H28ClN3O3. The lowest BCUT2D eigenvalue weighted by atomic mass is 10.1. The van der Waals surface area contributed by atoms with Gasteiger partial charge in [-0.1, -0.05) is 29.8 Å². The van der Waals surface area contributed by atoms with Crippen molar-refractivity contribution in [2.75, 3.05) is 53.1 Å². The molecule has 0 atom stereocenters. The molecule has 0 aliphatic carbocycles. The highest BCUT2D eigenvalue weighted by Gasteiger charge is 2.21. The fourth-order valence-corrected chi connectivity index (χ4v) is 4.09. The first kappa shape index (κ1) is 21.0. The SMILES string of the molecule is CN1CCN(CCCN(Cc2ccc3c(c2)OCO3)C(=O)c2ccccc2Cl)CC1. The van der Waals surface area contributed by atoms with Crippen LogP contribution in [0.25, 0.3) is 0 Å². The molecule has 0 radical (unpaired) electrons. The fourth-order valence-electron chi connectivity index (χ4n) is 3.87. The quantitative estimate of drug-likeness (QED) is 0.675. The number of hydrogen-bond acceptors (Lipinski definition) is 5. The maximum Gasteiger partial charge on any atom is 0.255 e. The number of amides is 1. The molecule has 2 aromatic rings. The van der Waals surface area contributed by atoms with Crippen LogP contribution in [0.5, 0.6) is 11.5 Å². The van der Waals surface area contributed by atoms with Gasteiger partial charge in [0.05, 0.1) is 10.6 Å². The van der Waals surface area contributed by atoms with Crippen molar-refractivity contribution in [3.8, 4) is 11.5 Å². The summed E-state index contributed by atoms with van der Waals surface area (Å²) in [6.45, 7) is 6.76. The molecule has 160 valence electrons. The molecule has 30 heavy (non-hydrogen) atoms. The predicted molar refractivity (Wildman–Crippen MR) is 117 cm³/mol. The van der Waals surface area contributed by atoms with Gasteiger partial charge >= 0.3 is 0 Å². The van der Waals surface area contributed by atoms with E-state index in [4.69, 9.17) is 21.1 Å². The van der Waals surface area contributed by atoms with Gasteiger partial charge in [0.15, 0.2) is 11.5 Å². The molecule has 0 bridgehead atoms. The van der Waals surface area contributed by atoms with Crippen LogP contribution in [0.3, 0.4) is 0 Å². The number of fused-ring (bicyclic) bond motifs is 1. The second-order valence-corrected chi connectivity index (χ2v) is 8.30. The second-order valence-electron chi connectivity index (χ2n) is 7.89. The summed E-state index contributed by atoms with van der Waals surface area (Å²) in [5.74, 6) is 1.43. The zero-order valence-electron chi connectivity index (χ0n) is 17.3. The summed E-state index contributed by atoms with van der Waals surface area (Å²) < 4.78 is 10.9. The van der Waals surface area contributed by atoms with E-state index in [0.717, 1.165) is 56.2 Å². The van der Waals surface area contributed by atoms with Gasteiger partial charge < -0.3 is 24.2 Å². The zero-order chi connectivity index (χ0) is 20.9. The molecule has 2 aromatic carbocycles. The van der Waals surface area contributed by atoms with Gasteiger partial charge in [0, 0.05) is 39.3 Å². The maximum absolute atomic E-state index is 13.3. The average molecular weight is 430 g/mol. The number of rotatable bonds is 7. The van der Waals surface area contributed by atoms with Crippen LogP contribution in [-0.4, -0.2) is 73.7 Å². The molecule has 0 N–H and O–H groups in total.